The summed E-state index contributed by atoms with van der Waals surface area (Å²) in [6.07, 6.45) is 4.42. The Morgan fingerprint density at radius 2 is 1.68 bits per heavy atom. The monoisotopic (exact) mass is 405 g/mol. The van der Waals surface area contributed by atoms with Crippen LogP contribution in [-0.4, -0.2) is 18.5 Å². The van der Waals surface area contributed by atoms with Gasteiger partial charge in [0.1, 0.15) is 16.9 Å². The minimum absolute atomic E-state index is 0.00958. The number of halogens is 4. The lowest BCUT2D eigenvalue weighted by Crippen LogP contribution is -2.36. The summed E-state index contributed by atoms with van der Waals surface area (Å²) in [6, 6.07) is 5.39. The maximum Gasteiger partial charge on any atom is 0.310 e. The molecule has 0 radical (unpaired) electrons. The van der Waals surface area contributed by atoms with Gasteiger partial charge < -0.3 is 10.1 Å². The number of carbonyl (C=O) groups excluding carboxylic acids is 2. The maximum absolute atomic E-state index is 12.9. The summed E-state index contributed by atoms with van der Waals surface area (Å²) in [7, 11) is 0. The fourth-order valence-corrected chi connectivity index (χ4v) is 2.59. The van der Waals surface area contributed by atoms with E-state index in [1.807, 2.05) is 12.2 Å². The molecular formula is C17H15Cl3FNO3. The van der Waals surface area contributed by atoms with E-state index in [4.69, 9.17) is 39.5 Å². The molecule has 0 unspecified atom stereocenters. The van der Waals surface area contributed by atoms with Gasteiger partial charge in [-0.15, -0.1) is 0 Å². The minimum atomic E-state index is -0.649. The number of nitrogens with one attached hydrogen (secondary N) is 1. The van der Waals surface area contributed by atoms with E-state index >= 15 is 0 Å². The van der Waals surface area contributed by atoms with Crippen LogP contribution in [0.1, 0.15) is 12.8 Å². The summed E-state index contributed by atoms with van der Waals surface area (Å²) in [5.41, 5.74) is 0.452. The van der Waals surface area contributed by atoms with Crippen molar-refractivity contribution in [3.8, 4) is 0 Å². The number of hydrogen-bond donors (Lipinski definition) is 1. The third kappa shape index (κ3) is 5.73. The van der Waals surface area contributed by atoms with Crippen molar-refractivity contribution in [2.24, 2.45) is 11.8 Å². The third-order valence-electron chi connectivity index (χ3n) is 3.73. The second-order valence-electron chi connectivity index (χ2n) is 5.42. The third-order valence-corrected chi connectivity index (χ3v) is 4.68. The lowest BCUT2D eigenvalue weighted by Gasteiger charge is -2.26. The van der Waals surface area contributed by atoms with Gasteiger partial charge in [0.25, 0.3) is 0 Å². The summed E-state index contributed by atoms with van der Waals surface area (Å²) in [6.45, 7) is -0.255. The van der Waals surface area contributed by atoms with Gasteiger partial charge in [-0.05, 0) is 37.1 Å². The number of amides is 1. The number of anilines is 1. The van der Waals surface area contributed by atoms with Crippen molar-refractivity contribution in [3.05, 3.63) is 51.8 Å². The molecule has 1 aliphatic carbocycles. The number of hydrogen-bond acceptors (Lipinski definition) is 3. The van der Waals surface area contributed by atoms with E-state index in [1.165, 1.54) is 24.3 Å². The summed E-state index contributed by atoms with van der Waals surface area (Å²) in [5.74, 6) is -2.55. The van der Waals surface area contributed by atoms with Gasteiger partial charge in [-0.1, -0.05) is 47.0 Å². The van der Waals surface area contributed by atoms with Gasteiger partial charge in [-0.3, -0.25) is 9.59 Å². The average molecular weight is 407 g/mol. The molecule has 1 amide bonds. The molecule has 1 N–H and O–H groups in total. The molecular weight excluding hydrogens is 392 g/mol. The number of carbonyl (C=O) groups is 2. The first-order valence-electron chi connectivity index (χ1n) is 7.46. The van der Waals surface area contributed by atoms with Crippen LogP contribution in [0.4, 0.5) is 10.1 Å². The smallest absolute Gasteiger partial charge is 0.310 e. The van der Waals surface area contributed by atoms with Crippen molar-refractivity contribution < 1.29 is 18.7 Å². The summed E-state index contributed by atoms with van der Waals surface area (Å²) >= 11 is 16.7. The molecule has 8 heteroatoms. The van der Waals surface area contributed by atoms with E-state index in [0.717, 1.165) is 0 Å². The minimum Gasteiger partial charge on any atom is -0.460 e. The van der Waals surface area contributed by atoms with Crippen molar-refractivity contribution >= 4 is 52.4 Å². The van der Waals surface area contributed by atoms with Crippen LogP contribution in [0, 0.1) is 17.7 Å². The van der Waals surface area contributed by atoms with Crippen molar-refractivity contribution in [2.75, 3.05) is 11.9 Å². The zero-order valence-corrected chi connectivity index (χ0v) is 15.2. The van der Waals surface area contributed by atoms with Gasteiger partial charge >= 0.3 is 5.97 Å². The molecule has 2 rings (SSSR count). The van der Waals surface area contributed by atoms with E-state index in [9.17, 15) is 14.0 Å². The van der Waals surface area contributed by atoms with Gasteiger partial charge in [0.2, 0.25) is 5.91 Å². The van der Waals surface area contributed by atoms with Crippen molar-refractivity contribution in [3.63, 3.8) is 0 Å². The molecule has 1 aliphatic rings. The Bertz CT molecular complexity index is 700. The first-order valence-corrected chi connectivity index (χ1v) is 8.59. The highest BCUT2D eigenvalue weighted by Gasteiger charge is 2.35. The van der Waals surface area contributed by atoms with Crippen LogP contribution in [0.15, 0.2) is 45.9 Å². The summed E-state index contributed by atoms with van der Waals surface area (Å²) in [4.78, 5) is 24.8. The number of benzene rings is 1. The van der Waals surface area contributed by atoms with E-state index in [1.54, 1.807) is 0 Å². The zero-order chi connectivity index (χ0) is 18.4. The number of ether oxygens (including phenoxy) is 1. The largest absolute Gasteiger partial charge is 0.460 e. The Labute approximate surface area is 159 Å². The standard InChI is InChI=1S/C17H15Cl3FNO3/c18-14(15(19)20)9-25-17(24)13-4-2-1-3-12(13)16(23)22-11-7-5-10(21)6-8-11/h1-2,5-8,12-13H,3-4,9H2,(H,22,23)/t12-,13-/m1/s1. The predicted molar refractivity (Wildman–Crippen MR) is 95.9 cm³/mol. The highest BCUT2D eigenvalue weighted by Crippen LogP contribution is 2.29. The fourth-order valence-electron chi connectivity index (χ4n) is 2.43. The normalized spacial score (nSPS) is 19.2. The van der Waals surface area contributed by atoms with E-state index in [0.29, 0.717) is 18.5 Å². The van der Waals surface area contributed by atoms with Crippen LogP contribution in [0.5, 0.6) is 0 Å². The second-order valence-corrected chi connectivity index (χ2v) is 6.83. The van der Waals surface area contributed by atoms with Gasteiger partial charge in [-0.25, -0.2) is 4.39 Å². The fraction of sp³-hybridized carbons (Fsp3) is 0.294. The highest BCUT2D eigenvalue weighted by atomic mass is 35.5. The molecule has 0 saturated heterocycles. The Morgan fingerprint density at radius 1 is 1.08 bits per heavy atom. The van der Waals surface area contributed by atoms with Crippen molar-refractivity contribution in [2.45, 2.75) is 12.8 Å². The molecule has 134 valence electrons. The molecule has 1 aromatic carbocycles. The van der Waals surface area contributed by atoms with Gasteiger partial charge in [-0.2, -0.15) is 0 Å². The van der Waals surface area contributed by atoms with Crippen LogP contribution < -0.4 is 5.32 Å². The number of rotatable bonds is 5. The highest BCUT2D eigenvalue weighted by molar-refractivity contribution is 6.59. The summed E-state index contributed by atoms with van der Waals surface area (Å²) < 4.78 is 17.8. The molecule has 0 spiro atoms. The predicted octanol–water partition coefficient (Wildman–Crippen LogP) is 4.78. The first-order chi connectivity index (χ1) is 11.9. The zero-order valence-electron chi connectivity index (χ0n) is 13.0. The Morgan fingerprint density at radius 3 is 2.28 bits per heavy atom. The Kier molecular flexibility index (Phi) is 7.29. The van der Waals surface area contributed by atoms with E-state index in [-0.39, 0.29) is 22.0 Å². The number of allylic oxidation sites excluding steroid dienone is 2. The molecule has 0 aliphatic heterocycles. The topological polar surface area (TPSA) is 55.4 Å². The van der Waals surface area contributed by atoms with Crippen LogP contribution in [0.2, 0.25) is 0 Å². The van der Waals surface area contributed by atoms with Crippen molar-refractivity contribution in [1.82, 2.24) is 0 Å². The molecule has 0 fully saturated rings. The molecule has 0 aromatic heterocycles. The molecule has 0 heterocycles. The molecule has 2 atom stereocenters. The molecule has 25 heavy (non-hydrogen) atoms. The maximum atomic E-state index is 12.9. The van der Waals surface area contributed by atoms with Crippen LogP contribution in [0.3, 0.4) is 0 Å². The lowest BCUT2D eigenvalue weighted by molar-refractivity contribution is -0.151. The van der Waals surface area contributed by atoms with Gasteiger partial charge in [0, 0.05) is 5.69 Å². The SMILES string of the molecule is O=C(Nc1ccc(F)cc1)[C@@H]1CC=CC[C@H]1C(=O)OCC(Cl)=C(Cl)Cl. The molecule has 1 aromatic rings. The van der Waals surface area contributed by atoms with Gasteiger partial charge in [0.05, 0.1) is 16.9 Å². The van der Waals surface area contributed by atoms with E-state index in [2.05, 4.69) is 5.32 Å². The van der Waals surface area contributed by atoms with Crippen LogP contribution >= 0.6 is 34.8 Å². The van der Waals surface area contributed by atoms with Crippen molar-refractivity contribution in [1.29, 1.82) is 0 Å². The van der Waals surface area contributed by atoms with Crippen LogP contribution in [0.25, 0.3) is 0 Å². The van der Waals surface area contributed by atoms with E-state index < -0.39 is 23.6 Å². The Balaban J connectivity index is 2.03. The molecule has 0 saturated carbocycles. The summed E-state index contributed by atoms with van der Waals surface area (Å²) in [5, 5.41) is 2.69. The second kappa shape index (κ2) is 9.22. The van der Waals surface area contributed by atoms with Gasteiger partial charge in [0.15, 0.2) is 0 Å². The lowest BCUT2D eigenvalue weighted by atomic mass is 9.82. The molecule has 4 nitrogen and oxygen atoms in total. The quantitative estimate of drug-likeness (QED) is 0.566. The van der Waals surface area contributed by atoms with Crippen LogP contribution in [-0.2, 0) is 14.3 Å². The average Bonchev–Trinajstić information content (AvgIpc) is 2.61. The Hall–Kier alpha value is -1.56. The number of esters is 1. The first kappa shape index (κ1) is 19.8. The molecule has 0 bridgehead atoms.